The van der Waals surface area contributed by atoms with Crippen LogP contribution < -0.4 is 0 Å². The van der Waals surface area contributed by atoms with Crippen molar-refractivity contribution in [2.75, 3.05) is 0 Å². The van der Waals surface area contributed by atoms with Crippen LogP contribution in [0, 0.1) is 0 Å². The van der Waals surface area contributed by atoms with Gasteiger partial charge in [0.1, 0.15) is 0 Å². The van der Waals surface area contributed by atoms with Gasteiger partial charge in [-0.3, -0.25) is 0 Å². The molecular formula is C16H10NaO4. The van der Waals surface area contributed by atoms with Crippen LogP contribution in [-0.4, -0.2) is 51.7 Å². The summed E-state index contributed by atoms with van der Waals surface area (Å²) in [5, 5.41) is 21.5. The maximum Gasteiger partial charge on any atom is 0.337 e. The van der Waals surface area contributed by atoms with Gasteiger partial charge < -0.3 is 10.2 Å². The van der Waals surface area contributed by atoms with E-state index in [-0.39, 0.29) is 40.7 Å². The molecule has 21 heavy (non-hydrogen) atoms. The van der Waals surface area contributed by atoms with Gasteiger partial charge in [-0.05, 0) is 39.7 Å². The molecule has 0 saturated carbocycles. The molecule has 0 amide bonds. The number of hydrogen-bond donors (Lipinski definition) is 2. The van der Waals surface area contributed by atoms with Crippen molar-refractivity contribution in [3.63, 3.8) is 0 Å². The fraction of sp³-hybridized carbons (Fsp3) is 0. The van der Waals surface area contributed by atoms with Gasteiger partial charge in [-0.1, -0.05) is 30.3 Å². The molecule has 0 fully saturated rings. The Morgan fingerprint density at radius 2 is 1.38 bits per heavy atom. The second-order valence-electron chi connectivity index (χ2n) is 4.52. The van der Waals surface area contributed by atoms with Crippen LogP contribution in [0.5, 0.6) is 0 Å². The van der Waals surface area contributed by atoms with Gasteiger partial charge in [0.15, 0.2) is 0 Å². The number of carboxylic acid groups (broad SMARTS) is 2. The Morgan fingerprint density at radius 1 is 0.762 bits per heavy atom. The van der Waals surface area contributed by atoms with Crippen molar-refractivity contribution in [3.05, 3.63) is 59.7 Å². The maximum absolute atomic E-state index is 11.4. The van der Waals surface area contributed by atoms with Crippen LogP contribution in [0.2, 0.25) is 0 Å². The van der Waals surface area contributed by atoms with Crippen LogP contribution in [0.1, 0.15) is 20.7 Å². The summed E-state index contributed by atoms with van der Waals surface area (Å²) in [4.78, 5) is 22.6. The van der Waals surface area contributed by atoms with Gasteiger partial charge in [0.05, 0.1) is 11.1 Å². The van der Waals surface area contributed by atoms with E-state index < -0.39 is 11.9 Å². The van der Waals surface area contributed by atoms with Crippen LogP contribution >= 0.6 is 0 Å². The number of carbonyl (C=O) groups is 2. The molecule has 0 heterocycles. The van der Waals surface area contributed by atoms with E-state index in [0.717, 1.165) is 10.8 Å². The Balaban J connectivity index is 0.00000161. The van der Waals surface area contributed by atoms with Gasteiger partial charge >= 0.3 is 11.9 Å². The summed E-state index contributed by atoms with van der Waals surface area (Å²) >= 11 is 0. The van der Waals surface area contributed by atoms with Crippen molar-refractivity contribution in [1.82, 2.24) is 0 Å². The first-order valence-corrected chi connectivity index (χ1v) is 6.00. The SMILES string of the molecule is O=C(O)c1ccc2cc3ccccc3cc2c1C(=O)O.[Na]. The van der Waals surface area contributed by atoms with E-state index in [1.807, 2.05) is 30.3 Å². The van der Waals surface area contributed by atoms with E-state index in [9.17, 15) is 14.7 Å². The topological polar surface area (TPSA) is 74.6 Å². The Morgan fingerprint density at radius 3 is 1.95 bits per heavy atom. The Bertz CT molecular complexity index is 871. The van der Waals surface area contributed by atoms with Crippen LogP contribution in [-0.2, 0) is 0 Å². The minimum absolute atomic E-state index is 0. The number of rotatable bonds is 2. The monoisotopic (exact) mass is 289 g/mol. The molecule has 4 nitrogen and oxygen atoms in total. The quantitative estimate of drug-likeness (QED) is 0.561. The van der Waals surface area contributed by atoms with E-state index >= 15 is 0 Å². The summed E-state index contributed by atoms with van der Waals surface area (Å²) in [6, 6.07) is 14.1. The average molecular weight is 289 g/mol. The summed E-state index contributed by atoms with van der Waals surface area (Å²) in [6.07, 6.45) is 0. The molecule has 0 aliphatic carbocycles. The molecule has 3 aromatic rings. The number of hydrogen-bond acceptors (Lipinski definition) is 2. The Kier molecular flexibility index (Phi) is 4.32. The first kappa shape index (κ1) is 15.5. The van der Waals surface area contributed by atoms with Gasteiger partial charge in [-0.2, -0.15) is 0 Å². The van der Waals surface area contributed by atoms with Crippen LogP contribution in [0.4, 0.5) is 0 Å². The summed E-state index contributed by atoms with van der Waals surface area (Å²) in [7, 11) is 0. The van der Waals surface area contributed by atoms with Crippen molar-refractivity contribution in [1.29, 1.82) is 0 Å². The summed E-state index contributed by atoms with van der Waals surface area (Å²) in [5.41, 5.74) is -0.360. The second-order valence-corrected chi connectivity index (χ2v) is 4.52. The van der Waals surface area contributed by atoms with E-state index in [1.54, 1.807) is 12.1 Å². The average Bonchev–Trinajstić information content (AvgIpc) is 2.43. The molecule has 0 spiro atoms. The molecule has 0 aliphatic rings. The molecule has 3 aromatic carbocycles. The third-order valence-electron chi connectivity index (χ3n) is 3.33. The molecule has 0 aliphatic heterocycles. The van der Waals surface area contributed by atoms with Crippen LogP contribution in [0.25, 0.3) is 21.5 Å². The molecule has 0 saturated heterocycles. The zero-order valence-electron chi connectivity index (χ0n) is 11.3. The minimum atomic E-state index is -1.24. The van der Waals surface area contributed by atoms with Crippen LogP contribution in [0.15, 0.2) is 48.5 Å². The maximum atomic E-state index is 11.4. The second kappa shape index (κ2) is 5.85. The number of benzene rings is 3. The summed E-state index contributed by atoms with van der Waals surface area (Å²) < 4.78 is 0. The van der Waals surface area contributed by atoms with E-state index in [2.05, 4.69) is 0 Å². The van der Waals surface area contributed by atoms with Gasteiger partial charge in [0, 0.05) is 29.6 Å². The predicted octanol–water partition coefficient (Wildman–Crippen LogP) is 3.01. The van der Waals surface area contributed by atoms with Crippen molar-refractivity contribution in [2.45, 2.75) is 0 Å². The third-order valence-corrected chi connectivity index (χ3v) is 3.33. The molecule has 0 atom stereocenters. The van der Waals surface area contributed by atoms with E-state index in [0.29, 0.717) is 10.8 Å². The van der Waals surface area contributed by atoms with Crippen molar-refractivity contribution in [2.24, 2.45) is 0 Å². The fourth-order valence-electron chi connectivity index (χ4n) is 2.42. The smallest absolute Gasteiger partial charge is 0.337 e. The van der Waals surface area contributed by atoms with Gasteiger partial charge in [-0.15, -0.1) is 0 Å². The van der Waals surface area contributed by atoms with Crippen molar-refractivity contribution in [3.8, 4) is 0 Å². The predicted molar refractivity (Wildman–Crippen MR) is 81.1 cm³/mol. The van der Waals surface area contributed by atoms with Gasteiger partial charge in [0.2, 0.25) is 0 Å². The van der Waals surface area contributed by atoms with Gasteiger partial charge in [0.25, 0.3) is 0 Å². The third kappa shape index (κ3) is 2.65. The molecular weight excluding hydrogens is 279 g/mol. The molecule has 99 valence electrons. The summed E-state index contributed by atoms with van der Waals surface area (Å²) in [6.45, 7) is 0. The van der Waals surface area contributed by atoms with Crippen LogP contribution in [0.3, 0.4) is 0 Å². The molecule has 2 N–H and O–H groups in total. The van der Waals surface area contributed by atoms with Gasteiger partial charge in [-0.25, -0.2) is 9.59 Å². The molecule has 0 bridgehead atoms. The number of carboxylic acids is 2. The van der Waals surface area contributed by atoms with E-state index in [1.165, 1.54) is 6.07 Å². The van der Waals surface area contributed by atoms with Crippen molar-refractivity contribution >= 4 is 63.0 Å². The molecule has 5 heteroatoms. The number of fused-ring (bicyclic) bond motifs is 2. The Hall–Kier alpha value is -1.88. The molecule has 1 radical (unpaired) electrons. The molecule has 3 rings (SSSR count). The zero-order chi connectivity index (χ0) is 14.3. The largest absolute Gasteiger partial charge is 0.478 e. The standard InChI is InChI=1S/C16H10O4.Na/c17-15(18)12-6-5-11-7-9-3-1-2-4-10(9)8-13(11)14(12)16(19)20;/h1-8H,(H,17,18)(H,19,20);. The number of aromatic carboxylic acids is 2. The first-order chi connectivity index (χ1) is 9.58. The zero-order valence-corrected chi connectivity index (χ0v) is 13.3. The molecule has 0 unspecified atom stereocenters. The van der Waals surface area contributed by atoms with Crippen molar-refractivity contribution < 1.29 is 19.8 Å². The Labute approximate surface area is 142 Å². The van der Waals surface area contributed by atoms with E-state index in [4.69, 9.17) is 5.11 Å². The normalized spacial score (nSPS) is 10.3. The molecule has 0 aromatic heterocycles. The first-order valence-electron chi connectivity index (χ1n) is 6.00. The summed E-state index contributed by atoms with van der Waals surface area (Å²) in [5.74, 6) is -2.47. The fourth-order valence-corrected chi connectivity index (χ4v) is 2.42. The minimum Gasteiger partial charge on any atom is -0.478 e.